The summed E-state index contributed by atoms with van der Waals surface area (Å²) in [5.74, 6) is 0.398. The summed E-state index contributed by atoms with van der Waals surface area (Å²) in [5.41, 5.74) is 0.449. The van der Waals surface area contributed by atoms with Crippen LogP contribution < -0.4 is 10.6 Å². The maximum Gasteiger partial charge on any atom is 0.252 e. The van der Waals surface area contributed by atoms with Gasteiger partial charge in [-0.05, 0) is 19.4 Å². The number of aromatic nitrogens is 1. The summed E-state index contributed by atoms with van der Waals surface area (Å²) in [6.45, 7) is 6.53. The Balaban J connectivity index is 2.38. The SMILES string of the molecule is CCCCOCCNC(=O)c1cnc(NCC)c(Cl)c1. The second-order valence-corrected chi connectivity index (χ2v) is 4.71. The fourth-order valence-electron chi connectivity index (χ4n) is 1.55. The van der Waals surface area contributed by atoms with Crippen LogP contribution in [0.1, 0.15) is 37.0 Å². The van der Waals surface area contributed by atoms with Crippen LogP contribution in [0.3, 0.4) is 0 Å². The number of nitrogens with one attached hydrogen (secondary N) is 2. The van der Waals surface area contributed by atoms with E-state index in [-0.39, 0.29) is 5.91 Å². The molecule has 0 aromatic carbocycles. The number of unbranched alkanes of at least 4 members (excludes halogenated alkanes) is 1. The molecule has 20 heavy (non-hydrogen) atoms. The Morgan fingerprint density at radius 1 is 1.40 bits per heavy atom. The largest absolute Gasteiger partial charge is 0.380 e. The number of carbonyl (C=O) groups is 1. The van der Waals surface area contributed by atoms with E-state index in [4.69, 9.17) is 16.3 Å². The average molecular weight is 300 g/mol. The molecule has 0 radical (unpaired) electrons. The highest BCUT2D eigenvalue weighted by atomic mass is 35.5. The van der Waals surface area contributed by atoms with Gasteiger partial charge in [-0.3, -0.25) is 4.79 Å². The van der Waals surface area contributed by atoms with Gasteiger partial charge in [-0.2, -0.15) is 0 Å². The molecule has 2 N–H and O–H groups in total. The molecule has 0 atom stereocenters. The number of ether oxygens (including phenoxy) is 1. The van der Waals surface area contributed by atoms with Crippen molar-refractivity contribution in [2.24, 2.45) is 0 Å². The first-order valence-electron chi connectivity index (χ1n) is 6.94. The van der Waals surface area contributed by atoms with Gasteiger partial charge in [0.05, 0.1) is 17.2 Å². The molecular formula is C14H22ClN3O2. The second-order valence-electron chi connectivity index (χ2n) is 4.31. The van der Waals surface area contributed by atoms with E-state index in [2.05, 4.69) is 22.5 Å². The third-order valence-corrected chi connectivity index (χ3v) is 2.91. The van der Waals surface area contributed by atoms with Crippen LogP contribution >= 0.6 is 11.6 Å². The quantitative estimate of drug-likeness (QED) is 0.688. The summed E-state index contributed by atoms with van der Waals surface area (Å²) in [7, 11) is 0. The third-order valence-electron chi connectivity index (χ3n) is 2.62. The summed E-state index contributed by atoms with van der Waals surface area (Å²) in [4.78, 5) is 16.0. The van der Waals surface area contributed by atoms with E-state index < -0.39 is 0 Å². The van der Waals surface area contributed by atoms with Crippen molar-refractivity contribution in [1.29, 1.82) is 0 Å². The number of hydrogen-bond acceptors (Lipinski definition) is 4. The lowest BCUT2D eigenvalue weighted by molar-refractivity contribution is 0.0912. The highest BCUT2D eigenvalue weighted by molar-refractivity contribution is 6.33. The number of amides is 1. The van der Waals surface area contributed by atoms with Gasteiger partial charge in [0.15, 0.2) is 0 Å². The zero-order chi connectivity index (χ0) is 14.8. The van der Waals surface area contributed by atoms with Crippen molar-refractivity contribution in [3.05, 3.63) is 22.8 Å². The van der Waals surface area contributed by atoms with Gasteiger partial charge in [-0.25, -0.2) is 4.98 Å². The van der Waals surface area contributed by atoms with E-state index in [1.54, 1.807) is 6.07 Å². The summed E-state index contributed by atoms with van der Waals surface area (Å²) < 4.78 is 5.37. The molecule has 5 nitrogen and oxygen atoms in total. The van der Waals surface area contributed by atoms with E-state index in [1.807, 2.05) is 6.92 Å². The maximum absolute atomic E-state index is 11.9. The predicted octanol–water partition coefficient (Wildman–Crippen LogP) is 2.71. The molecule has 1 amide bonds. The number of halogens is 1. The minimum Gasteiger partial charge on any atom is -0.380 e. The average Bonchev–Trinajstić information content (AvgIpc) is 2.45. The van der Waals surface area contributed by atoms with Gasteiger partial charge in [-0.15, -0.1) is 0 Å². The minimum atomic E-state index is -0.193. The standard InChI is InChI=1S/C14H22ClN3O2/c1-3-5-7-20-8-6-17-14(19)11-9-12(15)13(16-4-2)18-10-11/h9-10H,3-8H2,1-2H3,(H,16,18)(H,17,19). The molecule has 1 rings (SSSR count). The molecular weight excluding hydrogens is 278 g/mol. The summed E-state index contributed by atoms with van der Waals surface area (Å²) >= 11 is 6.04. The molecule has 1 heterocycles. The molecule has 6 heteroatoms. The van der Waals surface area contributed by atoms with Crippen molar-refractivity contribution in [1.82, 2.24) is 10.3 Å². The number of rotatable bonds is 9. The Labute approximate surface area is 125 Å². The molecule has 1 aromatic heterocycles. The molecule has 0 bridgehead atoms. The molecule has 0 unspecified atom stereocenters. The highest BCUT2D eigenvalue weighted by Gasteiger charge is 2.09. The van der Waals surface area contributed by atoms with Crippen LogP contribution in [-0.4, -0.2) is 37.2 Å². The Morgan fingerprint density at radius 2 is 2.20 bits per heavy atom. The molecule has 1 aromatic rings. The Morgan fingerprint density at radius 3 is 2.85 bits per heavy atom. The molecule has 0 saturated carbocycles. The van der Waals surface area contributed by atoms with Crippen molar-refractivity contribution >= 4 is 23.3 Å². The topological polar surface area (TPSA) is 63.2 Å². The fourth-order valence-corrected chi connectivity index (χ4v) is 1.78. The van der Waals surface area contributed by atoms with Crippen molar-refractivity contribution in [3.63, 3.8) is 0 Å². The Bertz CT molecular complexity index is 427. The summed E-state index contributed by atoms with van der Waals surface area (Å²) in [5, 5.41) is 6.23. The molecule has 0 fully saturated rings. The molecule has 112 valence electrons. The van der Waals surface area contributed by atoms with Crippen molar-refractivity contribution in [2.75, 3.05) is 31.6 Å². The van der Waals surface area contributed by atoms with E-state index in [0.717, 1.165) is 26.0 Å². The van der Waals surface area contributed by atoms with Gasteiger partial charge in [-0.1, -0.05) is 24.9 Å². The zero-order valence-electron chi connectivity index (χ0n) is 12.0. The fraction of sp³-hybridized carbons (Fsp3) is 0.571. The predicted molar refractivity (Wildman–Crippen MR) is 81.5 cm³/mol. The Hall–Kier alpha value is -1.33. The molecule has 0 spiro atoms. The van der Waals surface area contributed by atoms with Crippen molar-refractivity contribution in [2.45, 2.75) is 26.7 Å². The normalized spacial score (nSPS) is 10.3. The zero-order valence-corrected chi connectivity index (χ0v) is 12.8. The molecule has 0 aliphatic heterocycles. The van der Waals surface area contributed by atoms with Crippen molar-refractivity contribution in [3.8, 4) is 0 Å². The van der Waals surface area contributed by atoms with E-state index in [1.165, 1.54) is 6.20 Å². The summed E-state index contributed by atoms with van der Waals surface area (Å²) in [6, 6.07) is 1.61. The van der Waals surface area contributed by atoms with Gasteiger partial charge >= 0.3 is 0 Å². The van der Waals surface area contributed by atoms with Crippen LogP contribution in [0.5, 0.6) is 0 Å². The number of hydrogen-bond donors (Lipinski definition) is 2. The number of nitrogens with zero attached hydrogens (tertiary/aromatic N) is 1. The first-order chi connectivity index (χ1) is 9.69. The number of pyridine rings is 1. The van der Waals surface area contributed by atoms with Gasteiger partial charge in [0.1, 0.15) is 5.82 Å². The smallest absolute Gasteiger partial charge is 0.252 e. The first-order valence-corrected chi connectivity index (χ1v) is 7.32. The summed E-state index contributed by atoms with van der Waals surface area (Å²) in [6.07, 6.45) is 3.66. The van der Waals surface area contributed by atoms with E-state index in [0.29, 0.717) is 29.6 Å². The lowest BCUT2D eigenvalue weighted by Gasteiger charge is -2.08. The molecule has 0 saturated heterocycles. The van der Waals surface area contributed by atoms with E-state index in [9.17, 15) is 4.79 Å². The van der Waals surface area contributed by atoms with Crippen LogP contribution in [-0.2, 0) is 4.74 Å². The van der Waals surface area contributed by atoms with Crippen LogP contribution in [0.4, 0.5) is 5.82 Å². The van der Waals surface area contributed by atoms with Gasteiger partial charge in [0.25, 0.3) is 5.91 Å². The van der Waals surface area contributed by atoms with Gasteiger partial charge < -0.3 is 15.4 Å². The highest BCUT2D eigenvalue weighted by Crippen LogP contribution is 2.19. The van der Waals surface area contributed by atoms with E-state index >= 15 is 0 Å². The lowest BCUT2D eigenvalue weighted by Crippen LogP contribution is -2.27. The number of anilines is 1. The van der Waals surface area contributed by atoms with Crippen LogP contribution in [0.15, 0.2) is 12.3 Å². The molecule has 0 aliphatic rings. The first kappa shape index (κ1) is 16.7. The van der Waals surface area contributed by atoms with Crippen LogP contribution in [0.25, 0.3) is 0 Å². The third kappa shape index (κ3) is 5.75. The number of carbonyl (C=O) groups excluding carboxylic acids is 1. The van der Waals surface area contributed by atoms with Gasteiger partial charge in [0, 0.05) is 25.9 Å². The molecule has 0 aliphatic carbocycles. The monoisotopic (exact) mass is 299 g/mol. The Kier molecular flexibility index (Phi) is 7.99. The van der Waals surface area contributed by atoms with Crippen LogP contribution in [0.2, 0.25) is 5.02 Å². The maximum atomic E-state index is 11.9. The van der Waals surface area contributed by atoms with Crippen LogP contribution in [0, 0.1) is 0 Å². The lowest BCUT2D eigenvalue weighted by atomic mass is 10.2. The minimum absolute atomic E-state index is 0.193. The van der Waals surface area contributed by atoms with Crippen molar-refractivity contribution < 1.29 is 9.53 Å². The second kappa shape index (κ2) is 9.55. The van der Waals surface area contributed by atoms with Gasteiger partial charge in [0.2, 0.25) is 0 Å².